The molecule has 0 spiro atoms. The number of anilines is 1. The molecule has 0 aliphatic carbocycles. The van der Waals surface area contributed by atoms with Gasteiger partial charge >= 0.3 is 0 Å². The van der Waals surface area contributed by atoms with E-state index in [4.69, 9.17) is 4.74 Å². The Balaban J connectivity index is 1.61. The van der Waals surface area contributed by atoms with Gasteiger partial charge in [-0.3, -0.25) is 4.79 Å². The third kappa shape index (κ3) is 5.33. The summed E-state index contributed by atoms with van der Waals surface area (Å²) in [5.74, 6) is 0.201. The number of sulfonamides is 1. The maximum absolute atomic E-state index is 12.8. The van der Waals surface area contributed by atoms with Crippen LogP contribution in [0.4, 0.5) is 5.69 Å². The number of rotatable bonds is 7. The van der Waals surface area contributed by atoms with E-state index < -0.39 is 10.0 Å². The van der Waals surface area contributed by atoms with Crippen LogP contribution in [0, 0.1) is 5.92 Å². The third-order valence-corrected chi connectivity index (χ3v) is 6.59. The van der Waals surface area contributed by atoms with E-state index in [9.17, 15) is 13.2 Å². The lowest BCUT2D eigenvalue weighted by Crippen LogP contribution is -2.44. The number of ether oxygens (including phenoxy) is 1. The van der Waals surface area contributed by atoms with Crippen LogP contribution in [0.5, 0.6) is 5.75 Å². The van der Waals surface area contributed by atoms with Gasteiger partial charge in [-0.15, -0.1) is 0 Å². The summed E-state index contributed by atoms with van der Waals surface area (Å²) in [6.45, 7) is 3.18. The van der Waals surface area contributed by atoms with Gasteiger partial charge in [0.1, 0.15) is 5.75 Å². The molecule has 2 aromatic rings. The van der Waals surface area contributed by atoms with Gasteiger partial charge in [0.05, 0.1) is 18.3 Å². The molecule has 3 rings (SSSR count). The van der Waals surface area contributed by atoms with Crippen molar-refractivity contribution in [2.45, 2.75) is 25.5 Å². The molecular weight excluding hydrogens is 376 g/mol. The van der Waals surface area contributed by atoms with Gasteiger partial charge in [-0.1, -0.05) is 30.3 Å². The van der Waals surface area contributed by atoms with Gasteiger partial charge in [0, 0.05) is 18.8 Å². The van der Waals surface area contributed by atoms with E-state index in [0.717, 1.165) is 11.3 Å². The summed E-state index contributed by atoms with van der Waals surface area (Å²) >= 11 is 0. The molecule has 0 aromatic heterocycles. The molecular formula is C21H26N2O4S. The van der Waals surface area contributed by atoms with E-state index in [2.05, 4.69) is 5.32 Å². The summed E-state index contributed by atoms with van der Waals surface area (Å²) in [4.78, 5) is 12.6. The lowest BCUT2D eigenvalue weighted by molar-refractivity contribution is -0.120. The molecule has 0 bridgehead atoms. The molecule has 1 aliphatic heterocycles. The third-order valence-electron chi connectivity index (χ3n) is 4.77. The molecule has 2 aromatic carbocycles. The molecule has 1 aliphatic rings. The zero-order valence-corrected chi connectivity index (χ0v) is 16.8. The second kappa shape index (κ2) is 9.21. The highest BCUT2D eigenvalue weighted by atomic mass is 32.2. The van der Waals surface area contributed by atoms with Crippen LogP contribution in [0.2, 0.25) is 0 Å². The summed E-state index contributed by atoms with van der Waals surface area (Å²) in [5.41, 5.74) is 1.43. The summed E-state index contributed by atoms with van der Waals surface area (Å²) < 4.78 is 32.4. The summed E-state index contributed by atoms with van der Waals surface area (Å²) in [7, 11) is -3.45. The number of hydrogen-bond donors (Lipinski definition) is 1. The van der Waals surface area contributed by atoms with Gasteiger partial charge in [-0.25, -0.2) is 12.7 Å². The molecule has 0 saturated carbocycles. The van der Waals surface area contributed by atoms with E-state index >= 15 is 0 Å². The Morgan fingerprint density at radius 2 is 1.86 bits per heavy atom. The number of carbonyl (C=O) groups excluding carboxylic acids is 1. The molecule has 1 atom stereocenters. The van der Waals surface area contributed by atoms with Crippen molar-refractivity contribution in [2.24, 2.45) is 5.92 Å². The standard InChI is InChI=1S/C21H26N2O4S/c1-2-27-20-12-10-19(11-13-20)22-21(24)18-9-6-14-23(15-18)28(25,26)16-17-7-4-3-5-8-17/h3-5,7-8,10-13,18H,2,6,9,14-16H2,1H3,(H,22,24). The van der Waals surface area contributed by atoms with Gasteiger partial charge < -0.3 is 10.1 Å². The maximum Gasteiger partial charge on any atom is 0.228 e. The van der Waals surface area contributed by atoms with Gasteiger partial charge in [0.15, 0.2) is 0 Å². The Kier molecular flexibility index (Phi) is 6.70. The highest BCUT2D eigenvalue weighted by molar-refractivity contribution is 7.88. The number of piperidine rings is 1. The number of amides is 1. The van der Waals surface area contributed by atoms with Crippen LogP contribution in [0.15, 0.2) is 54.6 Å². The largest absolute Gasteiger partial charge is 0.494 e. The molecule has 1 unspecified atom stereocenters. The van der Waals surface area contributed by atoms with Gasteiger partial charge in [-0.05, 0) is 49.6 Å². The van der Waals surface area contributed by atoms with Crippen molar-refractivity contribution in [3.8, 4) is 5.75 Å². The molecule has 1 amide bonds. The van der Waals surface area contributed by atoms with Crippen LogP contribution >= 0.6 is 0 Å². The second-order valence-corrected chi connectivity index (χ2v) is 8.85. The fraction of sp³-hybridized carbons (Fsp3) is 0.381. The zero-order chi connectivity index (χ0) is 20.0. The number of hydrogen-bond acceptors (Lipinski definition) is 4. The first-order valence-electron chi connectivity index (χ1n) is 9.53. The molecule has 7 heteroatoms. The predicted molar refractivity (Wildman–Crippen MR) is 110 cm³/mol. The number of carbonyl (C=O) groups is 1. The SMILES string of the molecule is CCOc1ccc(NC(=O)C2CCCN(S(=O)(=O)Cc3ccccc3)C2)cc1. The van der Waals surface area contributed by atoms with E-state index in [-0.39, 0.29) is 24.1 Å². The molecule has 0 radical (unpaired) electrons. The Bertz CT molecular complexity index is 882. The van der Waals surface area contributed by atoms with Crippen molar-refractivity contribution < 1.29 is 17.9 Å². The summed E-state index contributed by atoms with van der Waals surface area (Å²) in [6.07, 6.45) is 1.36. The minimum atomic E-state index is -3.45. The highest BCUT2D eigenvalue weighted by Crippen LogP contribution is 2.23. The lowest BCUT2D eigenvalue weighted by atomic mass is 9.99. The number of nitrogens with zero attached hydrogens (tertiary/aromatic N) is 1. The fourth-order valence-corrected chi connectivity index (χ4v) is 4.94. The van der Waals surface area contributed by atoms with E-state index in [1.807, 2.05) is 25.1 Å². The maximum atomic E-state index is 12.8. The smallest absolute Gasteiger partial charge is 0.228 e. The van der Waals surface area contributed by atoms with Crippen molar-refractivity contribution in [2.75, 3.05) is 25.0 Å². The van der Waals surface area contributed by atoms with E-state index in [1.165, 1.54) is 4.31 Å². The quantitative estimate of drug-likeness (QED) is 0.771. The van der Waals surface area contributed by atoms with Crippen LogP contribution in [-0.2, 0) is 20.6 Å². The van der Waals surface area contributed by atoms with Gasteiger partial charge in [-0.2, -0.15) is 0 Å². The summed E-state index contributed by atoms with van der Waals surface area (Å²) in [6, 6.07) is 16.3. The number of nitrogens with one attached hydrogen (secondary N) is 1. The molecule has 150 valence electrons. The van der Waals surface area contributed by atoms with Crippen LogP contribution < -0.4 is 10.1 Å². The van der Waals surface area contributed by atoms with Gasteiger partial charge in [0.2, 0.25) is 15.9 Å². The van der Waals surface area contributed by atoms with Gasteiger partial charge in [0.25, 0.3) is 0 Å². The van der Waals surface area contributed by atoms with Crippen molar-refractivity contribution in [1.29, 1.82) is 0 Å². The normalized spacial score (nSPS) is 17.8. The highest BCUT2D eigenvalue weighted by Gasteiger charge is 2.32. The first-order chi connectivity index (χ1) is 13.5. The predicted octanol–water partition coefficient (Wildman–Crippen LogP) is 3.27. The second-order valence-electron chi connectivity index (χ2n) is 6.89. The number of benzene rings is 2. The monoisotopic (exact) mass is 402 g/mol. The zero-order valence-electron chi connectivity index (χ0n) is 16.0. The minimum absolute atomic E-state index is 0.0406. The molecule has 28 heavy (non-hydrogen) atoms. The Morgan fingerprint density at radius 1 is 1.14 bits per heavy atom. The van der Waals surface area contributed by atoms with E-state index in [0.29, 0.717) is 31.7 Å². The van der Waals surface area contributed by atoms with Crippen LogP contribution in [0.1, 0.15) is 25.3 Å². The lowest BCUT2D eigenvalue weighted by Gasteiger charge is -2.31. The topological polar surface area (TPSA) is 75.7 Å². The molecule has 1 heterocycles. The fourth-order valence-electron chi connectivity index (χ4n) is 3.33. The Morgan fingerprint density at radius 3 is 2.54 bits per heavy atom. The first-order valence-corrected chi connectivity index (χ1v) is 11.1. The minimum Gasteiger partial charge on any atom is -0.494 e. The van der Waals surface area contributed by atoms with Crippen molar-refractivity contribution in [3.63, 3.8) is 0 Å². The first kappa shape index (κ1) is 20.4. The summed E-state index contributed by atoms with van der Waals surface area (Å²) in [5, 5.41) is 2.89. The Labute approximate surface area is 166 Å². The molecule has 1 fully saturated rings. The average Bonchev–Trinajstić information content (AvgIpc) is 2.70. The molecule has 1 saturated heterocycles. The van der Waals surface area contributed by atoms with Crippen molar-refractivity contribution in [3.05, 3.63) is 60.2 Å². The van der Waals surface area contributed by atoms with Crippen LogP contribution in [0.3, 0.4) is 0 Å². The average molecular weight is 403 g/mol. The van der Waals surface area contributed by atoms with Crippen LogP contribution in [0.25, 0.3) is 0 Å². The Hall–Kier alpha value is -2.38. The van der Waals surface area contributed by atoms with Crippen LogP contribution in [-0.4, -0.2) is 38.3 Å². The molecule has 1 N–H and O–H groups in total. The van der Waals surface area contributed by atoms with E-state index in [1.54, 1.807) is 36.4 Å². The van der Waals surface area contributed by atoms with Crippen molar-refractivity contribution in [1.82, 2.24) is 4.31 Å². The molecule has 6 nitrogen and oxygen atoms in total. The van der Waals surface area contributed by atoms with Crippen molar-refractivity contribution >= 4 is 21.6 Å².